The quantitative estimate of drug-likeness (QED) is 0.756. The molecule has 0 amide bonds. The van der Waals surface area contributed by atoms with E-state index < -0.39 is 29.1 Å². The maximum Gasteiger partial charge on any atom is 0.338 e. The van der Waals surface area contributed by atoms with E-state index in [9.17, 15) is 14.3 Å². The number of halogens is 1. The molecular formula is C24H27FN2O3. The van der Waals surface area contributed by atoms with Crippen LogP contribution < -0.4 is 5.73 Å². The van der Waals surface area contributed by atoms with E-state index in [0.717, 1.165) is 11.1 Å². The zero-order valence-electron chi connectivity index (χ0n) is 17.4. The Labute approximate surface area is 175 Å². The number of esters is 1. The number of aliphatic hydroxyl groups is 1. The number of nitrogens with zero attached hydrogens (tertiary/aromatic N) is 1. The highest BCUT2D eigenvalue weighted by atomic mass is 19.1. The Kier molecular flexibility index (Phi) is 5.03. The van der Waals surface area contributed by atoms with Gasteiger partial charge >= 0.3 is 5.97 Å². The Morgan fingerprint density at radius 2 is 2.00 bits per heavy atom. The van der Waals surface area contributed by atoms with Crippen LogP contribution in [-0.2, 0) is 9.53 Å². The van der Waals surface area contributed by atoms with Crippen LogP contribution in [0.2, 0.25) is 0 Å². The highest BCUT2D eigenvalue weighted by molar-refractivity contribution is 5.83. The van der Waals surface area contributed by atoms with Gasteiger partial charge in [0, 0.05) is 17.3 Å². The molecule has 158 valence electrons. The van der Waals surface area contributed by atoms with Crippen LogP contribution in [0, 0.1) is 23.6 Å². The van der Waals surface area contributed by atoms with Crippen LogP contribution in [0.25, 0.3) is 17.2 Å². The molecule has 1 aliphatic heterocycles. The Balaban J connectivity index is 1.64. The summed E-state index contributed by atoms with van der Waals surface area (Å²) in [7, 11) is 0. The molecule has 30 heavy (non-hydrogen) atoms. The second-order valence-electron chi connectivity index (χ2n) is 8.80. The van der Waals surface area contributed by atoms with Crippen molar-refractivity contribution in [3.05, 3.63) is 60.2 Å². The van der Waals surface area contributed by atoms with Gasteiger partial charge in [-0.25, -0.2) is 9.18 Å². The fraction of sp³-hybridized carbons (Fsp3) is 0.417. The molecule has 0 unspecified atom stereocenters. The maximum absolute atomic E-state index is 13.5. The lowest BCUT2D eigenvalue weighted by molar-refractivity contribution is -0.161. The van der Waals surface area contributed by atoms with Gasteiger partial charge in [-0.15, -0.1) is 0 Å². The van der Waals surface area contributed by atoms with E-state index in [0.29, 0.717) is 12.1 Å². The lowest BCUT2D eigenvalue weighted by Crippen LogP contribution is -2.66. The molecular weight excluding hydrogens is 383 g/mol. The average molecular weight is 410 g/mol. The van der Waals surface area contributed by atoms with Crippen molar-refractivity contribution in [3.8, 4) is 11.1 Å². The predicted octanol–water partition coefficient (Wildman–Crippen LogP) is 3.57. The van der Waals surface area contributed by atoms with Gasteiger partial charge in [0.05, 0.1) is 11.6 Å². The summed E-state index contributed by atoms with van der Waals surface area (Å²) in [4.78, 5) is 16.8. The smallest absolute Gasteiger partial charge is 0.338 e. The molecule has 0 spiro atoms. The van der Waals surface area contributed by atoms with Crippen molar-refractivity contribution in [1.29, 1.82) is 0 Å². The van der Waals surface area contributed by atoms with E-state index in [2.05, 4.69) is 4.98 Å². The first kappa shape index (κ1) is 20.7. The van der Waals surface area contributed by atoms with Gasteiger partial charge in [-0.1, -0.05) is 38.1 Å². The first-order valence-electron chi connectivity index (χ1n) is 10.3. The van der Waals surface area contributed by atoms with Crippen molar-refractivity contribution in [3.63, 3.8) is 0 Å². The van der Waals surface area contributed by atoms with Gasteiger partial charge in [0.15, 0.2) is 5.60 Å². The lowest BCUT2D eigenvalue weighted by Gasteiger charge is -2.51. The third-order valence-electron chi connectivity index (χ3n) is 6.93. The number of ether oxygens (including phenoxy) is 1. The summed E-state index contributed by atoms with van der Waals surface area (Å²) in [6.45, 7) is 5.83. The van der Waals surface area contributed by atoms with E-state index in [1.165, 1.54) is 12.1 Å². The first-order chi connectivity index (χ1) is 14.1. The summed E-state index contributed by atoms with van der Waals surface area (Å²) in [5.74, 6) is -1.34. The van der Waals surface area contributed by atoms with Crippen molar-refractivity contribution in [2.24, 2.45) is 23.5 Å². The number of pyridine rings is 1. The molecule has 0 bridgehead atoms. The van der Waals surface area contributed by atoms with Crippen molar-refractivity contribution in [2.45, 2.75) is 44.4 Å². The largest absolute Gasteiger partial charge is 0.460 e. The monoisotopic (exact) mass is 410 g/mol. The Hall–Kier alpha value is -2.57. The summed E-state index contributed by atoms with van der Waals surface area (Å²) >= 11 is 0. The van der Waals surface area contributed by atoms with Crippen LogP contribution in [0.3, 0.4) is 0 Å². The number of cyclic esters (lactones) is 1. The minimum absolute atomic E-state index is 0.0301. The number of aromatic nitrogens is 1. The Morgan fingerprint density at radius 3 is 2.67 bits per heavy atom. The zero-order valence-corrected chi connectivity index (χ0v) is 17.4. The molecule has 2 aromatic rings. The van der Waals surface area contributed by atoms with Gasteiger partial charge in [-0.2, -0.15) is 0 Å². The van der Waals surface area contributed by atoms with Crippen LogP contribution in [0.15, 0.2) is 48.7 Å². The molecule has 0 radical (unpaired) electrons. The summed E-state index contributed by atoms with van der Waals surface area (Å²) in [6, 6.07) is 10.1. The topological polar surface area (TPSA) is 85.4 Å². The zero-order chi connectivity index (χ0) is 21.7. The van der Waals surface area contributed by atoms with Gasteiger partial charge in [0.2, 0.25) is 0 Å². The number of nitrogens with two attached hydrogens (primary N) is 1. The van der Waals surface area contributed by atoms with Crippen molar-refractivity contribution < 1.29 is 19.0 Å². The van der Waals surface area contributed by atoms with Gasteiger partial charge in [-0.05, 0) is 55.0 Å². The molecule has 5 nitrogen and oxygen atoms in total. The third-order valence-corrected chi connectivity index (χ3v) is 6.93. The minimum atomic E-state index is -1.57. The van der Waals surface area contributed by atoms with Gasteiger partial charge in [0.1, 0.15) is 11.9 Å². The van der Waals surface area contributed by atoms with Crippen LogP contribution >= 0.6 is 0 Å². The molecule has 2 fully saturated rings. The van der Waals surface area contributed by atoms with E-state index >= 15 is 0 Å². The van der Waals surface area contributed by atoms with E-state index in [1.807, 2.05) is 44.2 Å². The van der Waals surface area contributed by atoms with Crippen LogP contribution in [0.5, 0.6) is 0 Å². The van der Waals surface area contributed by atoms with Gasteiger partial charge < -0.3 is 15.6 Å². The van der Waals surface area contributed by atoms with Crippen molar-refractivity contribution in [1.82, 2.24) is 4.98 Å². The average Bonchev–Trinajstić information content (AvgIpc) is 2.94. The molecule has 3 N–H and O–H groups in total. The van der Waals surface area contributed by atoms with Gasteiger partial charge in [0.25, 0.3) is 0 Å². The molecule has 2 aliphatic rings. The standard InChI is InChI=1S/C24H27FN2O3/c1-14-12-24(29)21(16(3)30-22(24)28)23(26,15(14)2)10-9-20-8-7-18(13-27-20)17-5-4-6-19(25)11-17/h4-11,13-16,21,29H,12,26H2,1-3H3/b10-9+/t14-,15+,16+,21-,23+,24-/m0/s1. The Bertz CT molecular complexity index is 992. The molecule has 1 aliphatic carbocycles. The first-order valence-corrected chi connectivity index (χ1v) is 10.3. The number of hydrogen-bond donors (Lipinski definition) is 2. The number of benzene rings is 1. The number of fused-ring (bicyclic) bond motifs is 1. The minimum Gasteiger partial charge on any atom is -0.460 e. The van der Waals surface area contributed by atoms with Crippen molar-refractivity contribution in [2.75, 3.05) is 0 Å². The molecule has 2 heterocycles. The van der Waals surface area contributed by atoms with Crippen molar-refractivity contribution >= 4 is 12.0 Å². The normalized spacial score (nSPS) is 36.0. The SMILES string of the molecule is C[C@@H]1[C@@H](C)C[C@@]2(O)C(=O)O[C@H](C)[C@H]2[C@@]1(N)/C=C/c1ccc(-c2cccc(F)c2)cn1. The highest BCUT2D eigenvalue weighted by Crippen LogP contribution is 2.52. The van der Waals surface area contributed by atoms with E-state index in [1.54, 1.807) is 19.2 Å². The number of hydrogen-bond acceptors (Lipinski definition) is 5. The molecule has 1 saturated carbocycles. The molecule has 4 rings (SSSR count). The van der Waals surface area contributed by atoms with Gasteiger partial charge in [-0.3, -0.25) is 4.98 Å². The second-order valence-corrected chi connectivity index (χ2v) is 8.80. The van der Waals surface area contributed by atoms with Crippen LogP contribution in [-0.4, -0.2) is 33.3 Å². The maximum atomic E-state index is 13.5. The van der Waals surface area contributed by atoms with Crippen LogP contribution in [0.1, 0.15) is 32.9 Å². The number of carbonyl (C=O) groups is 1. The lowest BCUT2D eigenvalue weighted by atomic mass is 9.56. The molecule has 6 atom stereocenters. The Morgan fingerprint density at radius 1 is 1.23 bits per heavy atom. The van der Waals surface area contributed by atoms with Crippen LogP contribution in [0.4, 0.5) is 4.39 Å². The predicted molar refractivity (Wildman–Crippen MR) is 113 cm³/mol. The summed E-state index contributed by atoms with van der Waals surface area (Å²) in [5.41, 5.74) is 6.60. The second kappa shape index (κ2) is 7.29. The molecule has 1 aromatic carbocycles. The van der Waals surface area contributed by atoms with E-state index in [4.69, 9.17) is 10.5 Å². The summed E-state index contributed by atoms with van der Waals surface area (Å²) in [6.07, 6.45) is 5.22. The number of rotatable bonds is 3. The fourth-order valence-corrected chi connectivity index (χ4v) is 5.16. The summed E-state index contributed by atoms with van der Waals surface area (Å²) < 4.78 is 18.8. The molecule has 1 aromatic heterocycles. The summed E-state index contributed by atoms with van der Waals surface area (Å²) in [5, 5.41) is 11.1. The highest BCUT2D eigenvalue weighted by Gasteiger charge is 2.66. The fourth-order valence-electron chi connectivity index (χ4n) is 5.16. The van der Waals surface area contributed by atoms with E-state index in [-0.39, 0.29) is 17.7 Å². The molecule has 1 saturated heterocycles. The third kappa shape index (κ3) is 3.24. The number of carbonyl (C=O) groups excluding carboxylic acids is 1. The molecule has 6 heteroatoms.